The normalized spacial score (nSPS) is 17.3. The molecule has 0 saturated carbocycles. The van der Waals surface area contributed by atoms with E-state index in [2.05, 4.69) is 75.4 Å². The van der Waals surface area contributed by atoms with Crippen molar-refractivity contribution in [3.05, 3.63) is 70.2 Å². The van der Waals surface area contributed by atoms with Crippen molar-refractivity contribution in [2.75, 3.05) is 13.1 Å². The summed E-state index contributed by atoms with van der Waals surface area (Å²) in [7, 11) is 0. The SMILES string of the molecule is O=CCCC(c1ccc(Br)cc1)C1CCN(Cc2ccccc2)CC1. The summed E-state index contributed by atoms with van der Waals surface area (Å²) in [5.74, 6) is 1.17. The van der Waals surface area contributed by atoms with Crippen LogP contribution in [0.25, 0.3) is 0 Å². The Morgan fingerprint density at radius 2 is 1.72 bits per heavy atom. The van der Waals surface area contributed by atoms with Crippen molar-refractivity contribution in [3.8, 4) is 0 Å². The smallest absolute Gasteiger partial charge is 0.120 e. The van der Waals surface area contributed by atoms with Gasteiger partial charge in [0.1, 0.15) is 6.29 Å². The number of rotatable bonds is 7. The molecule has 3 rings (SSSR count). The average molecular weight is 400 g/mol. The standard InChI is InChI=1S/C22H26BrNO/c23-21-10-8-19(9-11-21)22(7-4-16-25)20-12-14-24(15-13-20)17-18-5-2-1-3-6-18/h1-3,5-6,8-11,16,20,22H,4,7,12-15,17H2. The van der Waals surface area contributed by atoms with E-state index in [1.165, 1.54) is 24.0 Å². The molecular formula is C22H26BrNO. The van der Waals surface area contributed by atoms with Crippen molar-refractivity contribution in [1.29, 1.82) is 0 Å². The van der Waals surface area contributed by atoms with Gasteiger partial charge >= 0.3 is 0 Å². The fourth-order valence-electron chi connectivity index (χ4n) is 3.99. The monoisotopic (exact) mass is 399 g/mol. The topological polar surface area (TPSA) is 20.3 Å². The maximum atomic E-state index is 10.9. The molecule has 0 radical (unpaired) electrons. The first-order valence-corrected chi connectivity index (χ1v) is 10.0. The van der Waals surface area contributed by atoms with Gasteiger partial charge in [0.15, 0.2) is 0 Å². The first-order chi connectivity index (χ1) is 12.3. The van der Waals surface area contributed by atoms with E-state index in [0.717, 1.165) is 36.8 Å². The molecule has 0 N–H and O–H groups in total. The Morgan fingerprint density at radius 1 is 1.04 bits per heavy atom. The van der Waals surface area contributed by atoms with Gasteiger partial charge in [-0.15, -0.1) is 0 Å². The quantitative estimate of drug-likeness (QED) is 0.578. The summed E-state index contributed by atoms with van der Waals surface area (Å²) >= 11 is 3.52. The number of nitrogens with zero attached hydrogens (tertiary/aromatic N) is 1. The lowest BCUT2D eigenvalue weighted by Crippen LogP contribution is -2.35. The Balaban J connectivity index is 1.61. The number of benzene rings is 2. The number of carbonyl (C=O) groups is 1. The van der Waals surface area contributed by atoms with Crippen molar-refractivity contribution in [2.24, 2.45) is 5.92 Å². The van der Waals surface area contributed by atoms with E-state index < -0.39 is 0 Å². The third-order valence-electron chi connectivity index (χ3n) is 5.34. The number of halogens is 1. The third kappa shape index (κ3) is 5.26. The molecular weight excluding hydrogens is 374 g/mol. The highest BCUT2D eigenvalue weighted by molar-refractivity contribution is 9.10. The van der Waals surface area contributed by atoms with Crippen LogP contribution in [0.1, 0.15) is 42.7 Å². The Morgan fingerprint density at radius 3 is 2.36 bits per heavy atom. The van der Waals surface area contributed by atoms with E-state index >= 15 is 0 Å². The zero-order valence-corrected chi connectivity index (χ0v) is 16.2. The van der Waals surface area contributed by atoms with Crippen LogP contribution in [0.2, 0.25) is 0 Å². The van der Waals surface area contributed by atoms with E-state index in [0.29, 0.717) is 18.3 Å². The molecule has 1 aliphatic heterocycles. The molecule has 3 heteroatoms. The van der Waals surface area contributed by atoms with Crippen LogP contribution in [0.15, 0.2) is 59.1 Å². The minimum atomic E-state index is 0.497. The van der Waals surface area contributed by atoms with Crippen LogP contribution < -0.4 is 0 Å². The fourth-order valence-corrected chi connectivity index (χ4v) is 4.25. The van der Waals surface area contributed by atoms with Crippen molar-refractivity contribution >= 4 is 22.2 Å². The summed E-state index contributed by atoms with van der Waals surface area (Å²) < 4.78 is 1.11. The summed E-state index contributed by atoms with van der Waals surface area (Å²) in [5, 5.41) is 0. The third-order valence-corrected chi connectivity index (χ3v) is 5.87. The lowest BCUT2D eigenvalue weighted by atomic mass is 9.77. The van der Waals surface area contributed by atoms with Crippen LogP contribution in [-0.4, -0.2) is 24.3 Å². The van der Waals surface area contributed by atoms with Crippen LogP contribution in [-0.2, 0) is 11.3 Å². The molecule has 0 amide bonds. The van der Waals surface area contributed by atoms with Crippen LogP contribution in [0, 0.1) is 5.92 Å². The minimum Gasteiger partial charge on any atom is -0.303 e. The van der Waals surface area contributed by atoms with Gasteiger partial charge in [-0.3, -0.25) is 4.90 Å². The first kappa shape index (κ1) is 18.3. The highest BCUT2D eigenvalue weighted by Gasteiger charge is 2.27. The average Bonchev–Trinajstić information content (AvgIpc) is 2.65. The van der Waals surface area contributed by atoms with Crippen molar-refractivity contribution in [1.82, 2.24) is 4.90 Å². The molecule has 25 heavy (non-hydrogen) atoms. The zero-order valence-electron chi connectivity index (χ0n) is 14.6. The van der Waals surface area contributed by atoms with Crippen LogP contribution in [0.3, 0.4) is 0 Å². The lowest BCUT2D eigenvalue weighted by molar-refractivity contribution is -0.108. The molecule has 1 atom stereocenters. The van der Waals surface area contributed by atoms with Gasteiger partial charge in [-0.1, -0.05) is 58.4 Å². The number of aldehydes is 1. The molecule has 2 aromatic carbocycles. The number of piperidine rings is 1. The largest absolute Gasteiger partial charge is 0.303 e. The van der Waals surface area contributed by atoms with Gasteiger partial charge < -0.3 is 4.79 Å². The maximum absolute atomic E-state index is 10.9. The van der Waals surface area contributed by atoms with Crippen LogP contribution in [0.5, 0.6) is 0 Å². The molecule has 2 aromatic rings. The Labute approximate surface area is 159 Å². The highest BCUT2D eigenvalue weighted by Crippen LogP contribution is 2.36. The molecule has 0 bridgehead atoms. The number of carbonyl (C=O) groups excluding carboxylic acids is 1. The summed E-state index contributed by atoms with van der Waals surface area (Å²) in [6, 6.07) is 19.4. The van der Waals surface area contributed by atoms with Crippen molar-refractivity contribution < 1.29 is 4.79 Å². The van der Waals surface area contributed by atoms with Crippen LogP contribution >= 0.6 is 15.9 Å². The van der Waals surface area contributed by atoms with Crippen molar-refractivity contribution in [2.45, 2.75) is 38.1 Å². The van der Waals surface area contributed by atoms with Crippen molar-refractivity contribution in [3.63, 3.8) is 0 Å². The lowest BCUT2D eigenvalue weighted by Gasteiger charge is -2.36. The molecule has 0 spiro atoms. The second-order valence-electron chi connectivity index (χ2n) is 7.00. The highest BCUT2D eigenvalue weighted by atomic mass is 79.9. The van der Waals surface area contributed by atoms with Gasteiger partial charge in [0.25, 0.3) is 0 Å². The van der Waals surface area contributed by atoms with E-state index in [-0.39, 0.29) is 0 Å². The van der Waals surface area contributed by atoms with E-state index in [1.54, 1.807) is 0 Å². The molecule has 1 unspecified atom stereocenters. The molecule has 1 heterocycles. The van der Waals surface area contributed by atoms with E-state index in [9.17, 15) is 4.79 Å². The summed E-state index contributed by atoms with van der Waals surface area (Å²) in [6.07, 6.45) is 5.12. The minimum absolute atomic E-state index is 0.497. The number of likely N-dealkylation sites (tertiary alicyclic amines) is 1. The molecule has 1 aliphatic rings. The van der Waals surface area contributed by atoms with E-state index in [4.69, 9.17) is 0 Å². The molecule has 0 aliphatic carbocycles. The summed E-state index contributed by atoms with van der Waals surface area (Å²) in [6.45, 7) is 3.34. The van der Waals surface area contributed by atoms with Gasteiger partial charge in [0, 0.05) is 17.4 Å². The van der Waals surface area contributed by atoms with Crippen LogP contribution in [0.4, 0.5) is 0 Å². The van der Waals surface area contributed by atoms with Gasteiger partial charge in [0.2, 0.25) is 0 Å². The summed E-state index contributed by atoms with van der Waals surface area (Å²) in [5.41, 5.74) is 2.78. The zero-order chi connectivity index (χ0) is 17.5. The molecule has 132 valence electrons. The molecule has 1 fully saturated rings. The Bertz CT molecular complexity index is 647. The Kier molecular flexibility index (Phi) is 6.83. The fraction of sp³-hybridized carbons (Fsp3) is 0.409. The van der Waals surface area contributed by atoms with Gasteiger partial charge in [-0.2, -0.15) is 0 Å². The molecule has 0 aromatic heterocycles. The van der Waals surface area contributed by atoms with Gasteiger partial charge in [-0.25, -0.2) is 0 Å². The van der Waals surface area contributed by atoms with Gasteiger partial charge in [0.05, 0.1) is 0 Å². The van der Waals surface area contributed by atoms with Gasteiger partial charge in [-0.05, 0) is 67.4 Å². The predicted octanol–water partition coefficient (Wildman–Crippen LogP) is 5.42. The predicted molar refractivity (Wildman–Crippen MR) is 107 cm³/mol. The first-order valence-electron chi connectivity index (χ1n) is 9.21. The second kappa shape index (κ2) is 9.30. The van der Waals surface area contributed by atoms with E-state index in [1.807, 2.05) is 0 Å². The second-order valence-corrected chi connectivity index (χ2v) is 7.92. The maximum Gasteiger partial charge on any atom is 0.120 e. The molecule has 2 nitrogen and oxygen atoms in total. The summed E-state index contributed by atoms with van der Waals surface area (Å²) in [4.78, 5) is 13.5. The molecule has 1 saturated heterocycles. The Hall–Kier alpha value is -1.45. The number of hydrogen-bond acceptors (Lipinski definition) is 2. The number of hydrogen-bond donors (Lipinski definition) is 0.